The molecule has 88 valence electrons. The highest BCUT2D eigenvalue weighted by Gasteiger charge is 2.45. The molecule has 0 aromatic carbocycles. The predicted molar refractivity (Wildman–Crippen MR) is 44.4 cm³/mol. The van der Waals surface area contributed by atoms with Crippen molar-refractivity contribution in [2.24, 2.45) is 0 Å². The Balaban J connectivity index is 2.69. The molecule has 0 amide bonds. The lowest BCUT2D eigenvalue weighted by molar-refractivity contribution is -0.289. The lowest BCUT2D eigenvalue weighted by Gasteiger charge is -2.38. The summed E-state index contributed by atoms with van der Waals surface area (Å²) in [7, 11) is 0. The van der Waals surface area contributed by atoms with E-state index in [2.05, 4.69) is 4.74 Å². The Morgan fingerprint density at radius 1 is 1.33 bits per heavy atom. The summed E-state index contributed by atoms with van der Waals surface area (Å²) in [5.74, 6) is -0.736. The first-order valence-corrected chi connectivity index (χ1v) is 4.40. The van der Waals surface area contributed by atoms with Crippen LogP contribution in [0.3, 0.4) is 0 Å². The SMILES string of the molecule is CC(=O)OC1O[C@H](CF)[C@@H](O)[C@H](O)[C@H]1O. The standard InChI is InChI=1S/C8H13FO6/c1-3(10)14-8-7(13)6(12)5(11)4(2-9)15-8/h4-8,11-13H,2H2,1H3/t4-,5-,6+,7-,8?/m1/s1. The second-order valence-electron chi connectivity index (χ2n) is 3.28. The monoisotopic (exact) mass is 224 g/mol. The van der Waals surface area contributed by atoms with Crippen LogP contribution in [0.2, 0.25) is 0 Å². The van der Waals surface area contributed by atoms with E-state index in [1.165, 1.54) is 0 Å². The summed E-state index contributed by atoms with van der Waals surface area (Å²) in [5.41, 5.74) is 0. The van der Waals surface area contributed by atoms with E-state index in [-0.39, 0.29) is 0 Å². The van der Waals surface area contributed by atoms with Gasteiger partial charge in [-0.15, -0.1) is 0 Å². The van der Waals surface area contributed by atoms with Gasteiger partial charge in [0.2, 0.25) is 6.29 Å². The number of carbonyl (C=O) groups is 1. The number of rotatable bonds is 2. The molecule has 0 radical (unpaired) electrons. The summed E-state index contributed by atoms with van der Waals surface area (Å²) in [6.45, 7) is 0.0284. The Morgan fingerprint density at radius 2 is 1.93 bits per heavy atom. The normalized spacial score (nSPS) is 41.3. The minimum atomic E-state index is -1.61. The van der Waals surface area contributed by atoms with Gasteiger partial charge < -0.3 is 24.8 Å². The molecule has 0 aromatic heterocycles. The summed E-state index contributed by atoms with van der Waals surface area (Å²) in [6, 6.07) is 0. The highest BCUT2D eigenvalue weighted by molar-refractivity contribution is 5.66. The molecule has 3 N–H and O–H groups in total. The van der Waals surface area contributed by atoms with Gasteiger partial charge >= 0.3 is 5.97 Å². The van der Waals surface area contributed by atoms with Crippen LogP contribution in [0.1, 0.15) is 6.92 Å². The number of esters is 1. The van der Waals surface area contributed by atoms with Crippen molar-refractivity contribution in [2.45, 2.75) is 37.6 Å². The Morgan fingerprint density at radius 3 is 2.40 bits per heavy atom. The van der Waals surface area contributed by atoms with E-state index in [1.807, 2.05) is 0 Å². The highest BCUT2D eigenvalue weighted by atomic mass is 19.1. The van der Waals surface area contributed by atoms with Gasteiger partial charge in [-0.05, 0) is 0 Å². The van der Waals surface area contributed by atoms with Crippen LogP contribution in [-0.4, -0.2) is 58.7 Å². The molecule has 1 aliphatic heterocycles. The van der Waals surface area contributed by atoms with E-state index < -0.39 is 43.3 Å². The fourth-order valence-electron chi connectivity index (χ4n) is 1.30. The molecule has 1 heterocycles. The van der Waals surface area contributed by atoms with Gasteiger partial charge in [-0.2, -0.15) is 0 Å². The molecular weight excluding hydrogens is 211 g/mol. The maximum Gasteiger partial charge on any atom is 0.305 e. The van der Waals surface area contributed by atoms with Gasteiger partial charge in [-0.3, -0.25) is 4.79 Å². The van der Waals surface area contributed by atoms with Crippen molar-refractivity contribution in [3.63, 3.8) is 0 Å². The smallest absolute Gasteiger partial charge is 0.305 e. The maximum atomic E-state index is 12.3. The van der Waals surface area contributed by atoms with Crippen LogP contribution in [0.25, 0.3) is 0 Å². The predicted octanol–water partition coefficient (Wildman–Crippen LogP) is -1.67. The summed E-state index contributed by atoms with van der Waals surface area (Å²) < 4.78 is 21.6. The van der Waals surface area contributed by atoms with Crippen LogP contribution < -0.4 is 0 Å². The van der Waals surface area contributed by atoms with Crippen molar-refractivity contribution >= 4 is 5.97 Å². The van der Waals surface area contributed by atoms with Gasteiger partial charge in [0, 0.05) is 6.92 Å². The number of alkyl halides is 1. The number of hydrogen-bond acceptors (Lipinski definition) is 6. The van der Waals surface area contributed by atoms with Gasteiger partial charge in [0.1, 0.15) is 31.1 Å². The molecule has 6 nitrogen and oxygen atoms in total. The number of aliphatic hydroxyl groups excluding tert-OH is 3. The number of aliphatic hydroxyl groups is 3. The number of ether oxygens (including phenoxy) is 2. The fourth-order valence-corrected chi connectivity index (χ4v) is 1.30. The second-order valence-corrected chi connectivity index (χ2v) is 3.28. The van der Waals surface area contributed by atoms with E-state index in [4.69, 9.17) is 4.74 Å². The maximum absolute atomic E-state index is 12.3. The van der Waals surface area contributed by atoms with Crippen LogP contribution in [0, 0.1) is 0 Å². The summed E-state index contributed by atoms with van der Waals surface area (Å²) >= 11 is 0. The first-order valence-electron chi connectivity index (χ1n) is 4.40. The Labute approximate surface area is 85.2 Å². The van der Waals surface area contributed by atoms with Crippen molar-refractivity contribution in [1.82, 2.24) is 0 Å². The molecule has 1 saturated heterocycles. The summed E-state index contributed by atoms with van der Waals surface area (Å²) in [4.78, 5) is 10.6. The Bertz CT molecular complexity index is 233. The Kier molecular flexibility index (Phi) is 3.97. The lowest BCUT2D eigenvalue weighted by atomic mass is 10.00. The highest BCUT2D eigenvalue weighted by Crippen LogP contribution is 2.22. The van der Waals surface area contributed by atoms with Gasteiger partial charge in [-0.25, -0.2) is 4.39 Å². The molecule has 0 aliphatic carbocycles. The number of carbonyl (C=O) groups excluding carboxylic acids is 1. The van der Waals surface area contributed by atoms with Crippen molar-refractivity contribution in [3.05, 3.63) is 0 Å². The minimum Gasteiger partial charge on any atom is -0.433 e. The van der Waals surface area contributed by atoms with Gasteiger partial charge in [-0.1, -0.05) is 0 Å². The second kappa shape index (κ2) is 4.84. The van der Waals surface area contributed by atoms with Gasteiger partial charge in [0.15, 0.2) is 0 Å². The largest absolute Gasteiger partial charge is 0.433 e. The topological polar surface area (TPSA) is 96.2 Å². The Hall–Kier alpha value is -0.760. The molecule has 1 aliphatic rings. The van der Waals surface area contributed by atoms with Crippen molar-refractivity contribution in [3.8, 4) is 0 Å². The molecule has 0 aromatic rings. The summed E-state index contributed by atoms with van der Waals surface area (Å²) in [5, 5.41) is 27.9. The zero-order chi connectivity index (χ0) is 11.6. The number of halogens is 1. The van der Waals surface area contributed by atoms with E-state index in [0.29, 0.717) is 0 Å². The molecule has 0 bridgehead atoms. The van der Waals surface area contributed by atoms with E-state index in [1.54, 1.807) is 0 Å². The van der Waals surface area contributed by atoms with Crippen LogP contribution in [0.15, 0.2) is 0 Å². The van der Waals surface area contributed by atoms with Crippen LogP contribution in [-0.2, 0) is 14.3 Å². The van der Waals surface area contributed by atoms with Crippen molar-refractivity contribution in [2.75, 3.05) is 6.67 Å². The molecule has 1 unspecified atom stereocenters. The molecule has 0 spiro atoms. The zero-order valence-corrected chi connectivity index (χ0v) is 8.04. The van der Waals surface area contributed by atoms with Gasteiger partial charge in [0.05, 0.1) is 0 Å². The van der Waals surface area contributed by atoms with Gasteiger partial charge in [0.25, 0.3) is 0 Å². The molecule has 7 heteroatoms. The van der Waals surface area contributed by atoms with Crippen LogP contribution in [0.5, 0.6) is 0 Å². The zero-order valence-electron chi connectivity index (χ0n) is 8.04. The lowest BCUT2D eigenvalue weighted by Crippen LogP contribution is -2.59. The third-order valence-electron chi connectivity index (χ3n) is 2.10. The van der Waals surface area contributed by atoms with E-state index in [0.717, 1.165) is 6.92 Å². The first-order chi connectivity index (χ1) is 6.97. The third-order valence-corrected chi connectivity index (χ3v) is 2.10. The van der Waals surface area contributed by atoms with Crippen LogP contribution >= 0.6 is 0 Å². The third kappa shape index (κ3) is 2.63. The molecular formula is C8H13FO6. The number of hydrogen-bond donors (Lipinski definition) is 3. The van der Waals surface area contributed by atoms with E-state index >= 15 is 0 Å². The first kappa shape index (κ1) is 12.3. The molecule has 0 saturated carbocycles. The van der Waals surface area contributed by atoms with Crippen molar-refractivity contribution in [1.29, 1.82) is 0 Å². The van der Waals surface area contributed by atoms with E-state index in [9.17, 15) is 24.5 Å². The average Bonchev–Trinajstić information content (AvgIpc) is 2.18. The molecule has 1 fully saturated rings. The quantitative estimate of drug-likeness (QED) is 0.485. The summed E-state index contributed by atoms with van der Waals surface area (Å²) in [6.07, 6.45) is -7.51. The fraction of sp³-hybridized carbons (Fsp3) is 0.875. The van der Waals surface area contributed by atoms with Crippen molar-refractivity contribution < 1.29 is 34.0 Å². The molecule has 1 rings (SSSR count). The van der Waals surface area contributed by atoms with Crippen LogP contribution in [0.4, 0.5) is 4.39 Å². The minimum absolute atomic E-state index is 0.736. The average molecular weight is 224 g/mol. The molecule has 15 heavy (non-hydrogen) atoms. The molecule has 5 atom stereocenters.